The van der Waals surface area contributed by atoms with E-state index in [1.165, 1.54) is 17.5 Å². The van der Waals surface area contributed by atoms with Crippen molar-refractivity contribution in [2.24, 2.45) is 5.92 Å². The van der Waals surface area contributed by atoms with E-state index in [0.29, 0.717) is 24.4 Å². The highest BCUT2D eigenvalue weighted by Crippen LogP contribution is 2.35. The molecule has 30 heavy (non-hydrogen) atoms. The van der Waals surface area contributed by atoms with Crippen molar-refractivity contribution >= 4 is 49.1 Å². The number of carbonyl (C=O) groups excluding carboxylic acids is 1. The highest BCUT2D eigenvalue weighted by molar-refractivity contribution is 9.10. The lowest BCUT2D eigenvalue weighted by molar-refractivity contribution is -0.123. The maximum absolute atomic E-state index is 13.1. The number of anilines is 1. The van der Waals surface area contributed by atoms with Gasteiger partial charge in [-0.2, -0.15) is 4.31 Å². The predicted molar refractivity (Wildman–Crippen MR) is 120 cm³/mol. The van der Waals surface area contributed by atoms with Crippen molar-refractivity contribution in [3.8, 4) is 5.75 Å². The van der Waals surface area contributed by atoms with E-state index in [-0.39, 0.29) is 35.6 Å². The van der Waals surface area contributed by atoms with Crippen LogP contribution in [0.5, 0.6) is 5.75 Å². The Balaban J connectivity index is 1.47. The summed E-state index contributed by atoms with van der Waals surface area (Å²) < 4.78 is 33.9. The normalized spacial score (nSPS) is 17.8. The van der Waals surface area contributed by atoms with Gasteiger partial charge in [0.25, 0.3) is 0 Å². The van der Waals surface area contributed by atoms with Crippen LogP contribution in [0.15, 0.2) is 45.8 Å². The number of nitrogens with zero attached hydrogens (tertiary/aromatic N) is 2. The molecule has 0 spiro atoms. The number of fused-ring (bicyclic) bond motifs is 1. The summed E-state index contributed by atoms with van der Waals surface area (Å²) in [5.74, 6) is 0.151. The average Bonchev–Trinajstić information content (AvgIpc) is 3.16. The molecule has 1 fully saturated rings. The van der Waals surface area contributed by atoms with E-state index in [1.54, 1.807) is 12.1 Å². The molecule has 1 amide bonds. The van der Waals surface area contributed by atoms with E-state index in [1.807, 2.05) is 17.0 Å². The van der Waals surface area contributed by atoms with Crippen LogP contribution in [-0.4, -0.2) is 45.4 Å². The molecule has 0 aromatic heterocycles. The van der Waals surface area contributed by atoms with Crippen molar-refractivity contribution in [3.05, 3.63) is 51.5 Å². The molecule has 2 aromatic carbocycles. The summed E-state index contributed by atoms with van der Waals surface area (Å²) in [7, 11) is -2.32. The summed E-state index contributed by atoms with van der Waals surface area (Å²) in [5.41, 5.74) is 2.12. The van der Waals surface area contributed by atoms with Gasteiger partial charge < -0.3 is 9.64 Å². The van der Waals surface area contributed by atoms with Gasteiger partial charge in [0.05, 0.1) is 7.11 Å². The third-order valence-electron chi connectivity index (χ3n) is 5.75. The van der Waals surface area contributed by atoms with Crippen LogP contribution in [0.1, 0.15) is 18.4 Å². The fraction of sp³-hybridized carbons (Fsp3) is 0.381. The first-order valence-electron chi connectivity index (χ1n) is 9.75. The first kappa shape index (κ1) is 21.6. The number of rotatable bonds is 4. The van der Waals surface area contributed by atoms with Crippen LogP contribution in [0.4, 0.5) is 5.69 Å². The molecule has 0 atom stereocenters. The summed E-state index contributed by atoms with van der Waals surface area (Å²) in [4.78, 5) is 15.0. The van der Waals surface area contributed by atoms with Gasteiger partial charge in [0.15, 0.2) is 0 Å². The Morgan fingerprint density at radius 2 is 1.87 bits per heavy atom. The van der Waals surface area contributed by atoms with Crippen LogP contribution in [-0.2, 0) is 21.2 Å². The number of hydrogen-bond acceptors (Lipinski definition) is 4. The van der Waals surface area contributed by atoms with Crippen molar-refractivity contribution in [1.82, 2.24) is 4.31 Å². The van der Waals surface area contributed by atoms with E-state index < -0.39 is 10.0 Å². The van der Waals surface area contributed by atoms with E-state index in [2.05, 4.69) is 22.0 Å². The van der Waals surface area contributed by atoms with Gasteiger partial charge in [0.1, 0.15) is 10.6 Å². The number of halogens is 2. The molecule has 0 aliphatic carbocycles. The van der Waals surface area contributed by atoms with Crippen molar-refractivity contribution in [3.63, 3.8) is 0 Å². The number of methoxy groups -OCH3 is 1. The molecule has 0 bridgehead atoms. The number of sulfonamides is 1. The van der Waals surface area contributed by atoms with Crippen molar-refractivity contribution < 1.29 is 17.9 Å². The summed E-state index contributed by atoms with van der Waals surface area (Å²) in [6, 6.07) is 10.5. The second kappa shape index (κ2) is 8.49. The van der Waals surface area contributed by atoms with Gasteiger partial charge in [-0.25, -0.2) is 8.42 Å². The van der Waals surface area contributed by atoms with Crippen LogP contribution < -0.4 is 9.64 Å². The van der Waals surface area contributed by atoms with Gasteiger partial charge in [-0.05, 0) is 61.2 Å². The zero-order chi connectivity index (χ0) is 21.5. The Labute approximate surface area is 189 Å². The molecule has 6 nitrogen and oxygen atoms in total. The fourth-order valence-corrected chi connectivity index (χ4v) is 6.45. The second-order valence-corrected chi connectivity index (χ2v) is 10.7. The lowest BCUT2D eigenvalue weighted by atomic mass is 9.96. The summed E-state index contributed by atoms with van der Waals surface area (Å²) in [5, 5.41) is 0.332. The molecule has 2 aliphatic heterocycles. The van der Waals surface area contributed by atoms with E-state index in [4.69, 9.17) is 16.3 Å². The van der Waals surface area contributed by atoms with Crippen LogP contribution in [0.2, 0.25) is 5.02 Å². The number of piperidine rings is 1. The molecule has 9 heteroatoms. The number of carbonyl (C=O) groups is 1. The minimum atomic E-state index is -3.76. The van der Waals surface area contributed by atoms with Crippen molar-refractivity contribution in [1.29, 1.82) is 0 Å². The first-order valence-corrected chi connectivity index (χ1v) is 12.4. The molecule has 160 valence electrons. The summed E-state index contributed by atoms with van der Waals surface area (Å²) in [6.07, 6.45) is 1.81. The lowest BCUT2D eigenvalue weighted by Crippen LogP contribution is -2.44. The quantitative estimate of drug-likeness (QED) is 0.617. The van der Waals surface area contributed by atoms with E-state index in [9.17, 15) is 13.2 Å². The molecule has 2 aromatic rings. The van der Waals surface area contributed by atoms with Crippen LogP contribution in [0.3, 0.4) is 0 Å². The monoisotopic (exact) mass is 512 g/mol. The number of amides is 1. The molecule has 4 rings (SSSR count). The highest BCUT2D eigenvalue weighted by Gasteiger charge is 2.36. The number of ether oxygens (including phenoxy) is 1. The predicted octanol–water partition coefficient (Wildman–Crippen LogP) is 4.10. The Hall–Kier alpha value is -1.61. The van der Waals surface area contributed by atoms with Gasteiger partial charge in [0, 0.05) is 40.7 Å². The third kappa shape index (κ3) is 3.98. The zero-order valence-electron chi connectivity index (χ0n) is 16.5. The molecular formula is C21H22BrClN2O4S. The molecule has 0 N–H and O–H groups in total. The molecular weight excluding hydrogens is 492 g/mol. The molecule has 1 saturated heterocycles. The maximum Gasteiger partial charge on any atom is 0.246 e. The third-order valence-corrected chi connectivity index (χ3v) is 8.40. The van der Waals surface area contributed by atoms with Crippen molar-refractivity contribution in [2.45, 2.75) is 24.2 Å². The Morgan fingerprint density at radius 3 is 2.57 bits per heavy atom. The van der Waals surface area contributed by atoms with E-state index in [0.717, 1.165) is 22.1 Å². The smallest absolute Gasteiger partial charge is 0.246 e. The Morgan fingerprint density at radius 1 is 1.13 bits per heavy atom. The molecule has 2 heterocycles. The Kier molecular flexibility index (Phi) is 6.12. The van der Waals surface area contributed by atoms with Crippen molar-refractivity contribution in [2.75, 3.05) is 31.6 Å². The lowest BCUT2D eigenvalue weighted by Gasteiger charge is -2.33. The maximum atomic E-state index is 13.1. The minimum absolute atomic E-state index is 0.0568. The first-order chi connectivity index (χ1) is 14.3. The fourth-order valence-electron chi connectivity index (χ4n) is 4.15. The minimum Gasteiger partial charge on any atom is -0.495 e. The summed E-state index contributed by atoms with van der Waals surface area (Å²) >= 11 is 9.49. The molecule has 0 radical (unpaired) electrons. The number of benzene rings is 2. The van der Waals surface area contributed by atoms with Gasteiger partial charge in [-0.15, -0.1) is 0 Å². The standard InChI is InChI=1S/C21H22BrClN2O4S/c1-29-19-5-3-17(23)13-20(19)30(27,28)24-9-6-14(7-10-24)21(26)25-11-8-15-12-16(22)2-4-18(15)25/h2-5,12-14H,6-11H2,1H3. The van der Waals surface area contributed by atoms with Gasteiger partial charge >= 0.3 is 0 Å². The van der Waals surface area contributed by atoms with Gasteiger partial charge in [0.2, 0.25) is 15.9 Å². The van der Waals surface area contributed by atoms with Crippen LogP contribution in [0.25, 0.3) is 0 Å². The van der Waals surface area contributed by atoms with E-state index >= 15 is 0 Å². The molecule has 2 aliphatic rings. The van der Waals surface area contributed by atoms with Gasteiger partial charge in [-0.3, -0.25) is 4.79 Å². The highest BCUT2D eigenvalue weighted by atomic mass is 79.9. The number of hydrogen-bond donors (Lipinski definition) is 0. The molecule has 0 saturated carbocycles. The zero-order valence-corrected chi connectivity index (χ0v) is 19.6. The largest absolute Gasteiger partial charge is 0.495 e. The SMILES string of the molecule is COc1ccc(Cl)cc1S(=O)(=O)N1CCC(C(=O)N2CCc3cc(Br)ccc32)CC1. The molecule has 0 unspecified atom stereocenters. The van der Waals surface area contributed by atoms with Crippen LogP contribution >= 0.6 is 27.5 Å². The van der Waals surface area contributed by atoms with Crippen LogP contribution in [0, 0.1) is 5.92 Å². The topological polar surface area (TPSA) is 66.9 Å². The Bertz CT molecular complexity index is 1080. The summed E-state index contributed by atoms with van der Waals surface area (Å²) in [6.45, 7) is 1.24. The van der Waals surface area contributed by atoms with Gasteiger partial charge in [-0.1, -0.05) is 27.5 Å². The second-order valence-electron chi connectivity index (χ2n) is 7.49. The average molecular weight is 514 g/mol.